The molecular weight excluding hydrogens is 435 g/mol. The molecule has 3 aromatic rings. The van der Waals surface area contributed by atoms with Crippen LogP contribution in [0.3, 0.4) is 0 Å². The molecule has 1 atom stereocenters. The van der Waals surface area contributed by atoms with E-state index in [0.717, 1.165) is 16.8 Å². The number of aromatic amines is 1. The van der Waals surface area contributed by atoms with Crippen molar-refractivity contribution in [2.24, 2.45) is 0 Å². The number of H-pyrrole nitrogens is 1. The number of carbonyl (C=O) groups excluding carboxylic acids is 1. The van der Waals surface area contributed by atoms with Gasteiger partial charge >= 0.3 is 12.3 Å². The number of fused-ring (bicyclic) bond motifs is 1. The number of nitrogens with one attached hydrogen (secondary N) is 2. The SMILES string of the molecule is O=C(O)CC(NC(=O)c1cc(=O)n(-c2ccccc2F)[nH]1)c1cccc2c1OC(F)(F)O2. The van der Waals surface area contributed by atoms with Gasteiger partial charge in [0.1, 0.15) is 17.2 Å². The molecule has 0 saturated carbocycles. The quantitative estimate of drug-likeness (QED) is 0.532. The molecular formula is C20H14F3N3O6. The highest BCUT2D eigenvalue weighted by Crippen LogP contribution is 2.45. The van der Waals surface area contributed by atoms with Gasteiger partial charge in [0.25, 0.3) is 11.5 Å². The molecule has 1 unspecified atom stereocenters. The summed E-state index contributed by atoms with van der Waals surface area (Å²) < 4.78 is 50.6. The lowest BCUT2D eigenvalue weighted by Crippen LogP contribution is -2.31. The number of aliphatic carboxylic acids is 1. The van der Waals surface area contributed by atoms with Gasteiger partial charge in [-0.15, -0.1) is 8.78 Å². The Kier molecular flexibility index (Phi) is 5.12. The minimum absolute atomic E-state index is 0.0636. The van der Waals surface area contributed by atoms with Crippen LogP contribution in [0.4, 0.5) is 13.2 Å². The topological polar surface area (TPSA) is 123 Å². The number of para-hydroxylation sites is 2. The van der Waals surface area contributed by atoms with Crippen molar-refractivity contribution in [1.29, 1.82) is 0 Å². The Hall–Kier alpha value is -4.22. The molecule has 0 spiro atoms. The lowest BCUT2D eigenvalue weighted by Gasteiger charge is -2.18. The summed E-state index contributed by atoms with van der Waals surface area (Å²) in [7, 11) is 0. The van der Waals surface area contributed by atoms with E-state index in [2.05, 4.69) is 19.9 Å². The first-order chi connectivity index (χ1) is 15.1. The predicted octanol–water partition coefficient (Wildman–Crippen LogP) is 2.57. The number of rotatable bonds is 6. The minimum atomic E-state index is -3.95. The first kappa shape index (κ1) is 21.0. The van der Waals surface area contributed by atoms with Crippen LogP contribution in [0.25, 0.3) is 5.69 Å². The fraction of sp³-hybridized carbons (Fsp3) is 0.150. The lowest BCUT2D eigenvalue weighted by molar-refractivity contribution is -0.287. The van der Waals surface area contributed by atoms with Crippen molar-refractivity contribution < 1.29 is 37.3 Å². The van der Waals surface area contributed by atoms with Crippen LogP contribution in [0.5, 0.6) is 11.5 Å². The van der Waals surface area contributed by atoms with E-state index in [1.807, 2.05) is 0 Å². The molecule has 1 amide bonds. The molecule has 0 fully saturated rings. The zero-order chi connectivity index (χ0) is 23.0. The van der Waals surface area contributed by atoms with Gasteiger partial charge in [0.15, 0.2) is 11.5 Å². The van der Waals surface area contributed by atoms with Crippen LogP contribution in [0.15, 0.2) is 53.3 Å². The van der Waals surface area contributed by atoms with E-state index in [4.69, 9.17) is 0 Å². The summed E-state index contributed by atoms with van der Waals surface area (Å²) in [4.78, 5) is 36.3. The van der Waals surface area contributed by atoms with Gasteiger partial charge in [0.2, 0.25) is 0 Å². The Morgan fingerprint density at radius 3 is 2.62 bits per heavy atom. The third-order valence-electron chi connectivity index (χ3n) is 4.58. The van der Waals surface area contributed by atoms with Gasteiger partial charge < -0.3 is 19.9 Å². The largest absolute Gasteiger partial charge is 0.586 e. The van der Waals surface area contributed by atoms with Crippen LogP contribution in [0, 0.1) is 5.82 Å². The van der Waals surface area contributed by atoms with Crippen molar-refractivity contribution in [3.63, 3.8) is 0 Å². The molecule has 166 valence electrons. The molecule has 1 aromatic heterocycles. The molecule has 2 heterocycles. The highest BCUT2D eigenvalue weighted by Gasteiger charge is 2.45. The second-order valence-electron chi connectivity index (χ2n) is 6.76. The van der Waals surface area contributed by atoms with E-state index in [1.165, 1.54) is 36.4 Å². The van der Waals surface area contributed by atoms with E-state index in [9.17, 15) is 32.7 Å². The summed E-state index contributed by atoms with van der Waals surface area (Å²) in [5.74, 6) is -3.72. The molecule has 0 aliphatic carbocycles. The standard InChI is InChI=1S/C20H14F3N3O6/c21-11-5-1-2-6-14(11)26-16(27)8-13(25-26)19(30)24-12(9-17(28)29)10-4-3-7-15-18(10)32-20(22,23)31-15/h1-8,12,25H,9H2,(H,24,30)(H,28,29). The van der Waals surface area contributed by atoms with Crippen molar-refractivity contribution in [2.75, 3.05) is 0 Å². The van der Waals surface area contributed by atoms with Gasteiger partial charge in [0.05, 0.1) is 12.5 Å². The number of halogens is 3. The maximum Gasteiger partial charge on any atom is 0.586 e. The van der Waals surface area contributed by atoms with Crippen molar-refractivity contribution in [2.45, 2.75) is 18.8 Å². The average molecular weight is 449 g/mol. The zero-order valence-electron chi connectivity index (χ0n) is 16.0. The average Bonchev–Trinajstić information content (AvgIpc) is 3.25. The Labute approximate surface area is 177 Å². The van der Waals surface area contributed by atoms with Gasteiger partial charge in [0, 0.05) is 11.6 Å². The van der Waals surface area contributed by atoms with Crippen LogP contribution in [0.1, 0.15) is 28.5 Å². The van der Waals surface area contributed by atoms with E-state index in [-0.39, 0.29) is 22.7 Å². The van der Waals surface area contributed by atoms with Gasteiger partial charge in [-0.2, -0.15) is 0 Å². The number of carboxylic acid groups (broad SMARTS) is 1. The highest BCUT2D eigenvalue weighted by molar-refractivity contribution is 5.92. The fourth-order valence-corrected chi connectivity index (χ4v) is 3.24. The van der Waals surface area contributed by atoms with Crippen molar-refractivity contribution in [3.05, 3.63) is 76.0 Å². The smallest absolute Gasteiger partial charge is 0.481 e. The summed E-state index contributed by atoms with van der Waals surface area (Å²) in [6, 6.07) is 8.75. The number of alkyl halides is 2. The van der Waals surface area contributed by atoms with E-state index >= 15 is 0 Å². The van der Waals surface area contributed by atoms with Crippen molar-refractivity contribution in [3.8, 4) is 17.2 Å². The molecule has 3 N–H and O–H groups in total. The number of hydrogen-bond donors (Lipinski definition) is 3. The normalized spacial score (nSPS) is 14.7. The number of amides is 1. The van der Waals surface area contributed by atoms with E-state index < -0.39 is 47.8 Å². The number of nitrogens with zero attached hydrogens (tertiary/aromatic N) is 1. The minimum Gasteiger partial charge on any atom is -0.481 e. The molecule has 32 heavy (non-hydrogen) atoms. The first-order valence-corrected chi connectivity index (χ1v) is 9.13. The van der Waals surface area contributed by atoms with Crippen LogP contribution in [0.2, 0.25) is 0 Å². The Balaban J connectivity index is 1.65. The molecule has 12 heteroatoms. The fourth-order valence-electron chi connectivity index (χ4n) is 3.24. The Morgan fingerprint density at radius 1 is 1.16 bits per heavy atom. The molecule has 9 nitrogen and oxygen atoms in total. The maximum absolute atomic E-state index is 14.0. The maximum atomic E-state index is 14.0. The lowest BCUT2D eigenvalue weighted by atomic mass is 10.0. The van der Waals surface area contributed by atoms with Crippen LogP contribution >= 0.6 is 0 Å². The summed E-state index contributed by atoms with van der Waals surface area (Å²) in [6.07, 6.45) is -4.63. The summed E-state index contributed by atoms with van der Waals surface area (Å²) in [5.41, 5.74) is -1.24. The first-order valence-electron chi connectivity index (χ1n) is 9.13. The molecule has 2 aromatic carbocycles. The van der Waals surface area contributed by atoms with Crippen molar-refractivity contribution >= 4 is 11.9 Å². The summed E-state index contributed by atoms with van der Waals surface area (Å²) in [5, 5.41) is 14.0. The molecule has 0 saturated heterocycles. The predicted molar refractivity (Wildman–Crippen MR) is 101 cm³/mol. The number of hydrogen-bond acceptors (Lipinski definition) is 5. The molecule has 4 rings (SSSR count). The molecule has 1 aliphatic rings. The molecule has 1 aliphatic heterocycles. The van der Waals surface area contributed by atoms with Gasteiger partial charge in [-0.05, 0) is 18.2 Å². The Morgan fingerprint density at radius 2 is 1.91 bits per heavy atom. The molecule has 0 bridgehead atoms. The van der Waals surface area contributed by atoms with Crippen LogP contribution in [-0.4, -0.2) is 33.1 Å². The third-order valence-corrected chi connectivity index (χ3v) is 4.58. The second kappa shape index (κ2) is 7.80. The van der Waals surface area contributed by atoms with E-state index in [1.54, 1.807) is 0 Å². The van der Waals surface area contributed by atoms with Gasteiger partial charge in [-0.25, -0.2) is 9.07 Å². The zero-order valence-corrected chi connectivity index (χ0v) is 16.0. The monoisotopic (exact) mass is 449 g/mol. The van der Waals surface area contributed by atoms with Crippen LogP contribution < -0.4 is 20.3 Å². The Bertz CT molecular complexity index is 1270. The number of ether oxygens (including phenoxy) is 2. The number of carboxylic acids is 1. The van der Waals surface area contributed by atoms with Crippen LogP contribution in [-0.2, 0) is 4.79 Å². The van der Waals surface area contributed by atoms with Crippen molar-refractivity contribution in [1.82, 2.24) is 15.1 Å². The van der Waals surface area contributed by atoms with E-state index in [0.29, 0.717) is 0 Å². The molecule has 0 radical (unpaired) electrons. The number of carbonyl (C=O) groups is 2. The number of aromatic nitrogens is 2. The summed E-state index contributed by atoms with van der Waals surface area (Å²) >= 11 is 0. The number of benzene rings is 2. The second-order valence-corrected chi connectivity index (χ2v) is 6.76. The highest BCUT2D eigenvalue weighted by atomic mass is 19.3. The third kappa shape index (κ3) is 4.02. The van der Waals surface area contributed by atoms with Gasteiger partial charge in [-0.3, -0.25) is 19.5 Å². The summed E-state index contributed by atoms with van der Waals surface area (Å²) in [6.45, 7) is 0. The van der Waals surface area contributed by atoms with Gasteiger partial charge in [-0.1, -0.05) is 24.3 Å².